The van der Waals surface area contributed by atoms with Gasteiger partial charge in [-0.15, -0.1) is 11.8 Å². The predicted octanol–water partition coefficient (Wildman–Crippen LogP) is 11.0. The number of nitrogens with one attached hydrogen (secondary N) is 2. The Labute approximate surface area is 266 Å². The fourth-order valence-corrected chi connectivity index (χ4v) is 5.12. The highest BCUT2D eigenvalue weighted by molar-refractivity contribution is 8.03. The van der Waals surface area contributed by atoms with E-state index in [-0.39, 0.29) is 0 Å². The Morgan fingerprint density at radius 3 is 2.14 bits per heavy atom. The minimum atomic E-state index is -4.27. The topological polar surface area (TPSA) is 51.5 Å². The van der Waals surface area contributed by atoms with Gasteiger partial charge in [-0.3, -0.25) is 4.99 Å². The number of rotatable bonds is 6. The summed E-state index contributed by atoms with van der Waals surface area (Å²) >= 11 is 1.97. The molecule has 0 spiro atoms. The molecule has 0 aromatic heterocycles. The van der Waals surface area contributed by atoms with Crippen molar-refractivity contribution in [3.63, 3.8) is 0 Å². The lowest BCUT2D eigenvalue weighted by Crippen LogP contribution is -2.27. The predicted molar refractivity (Wildman–Crippen MR) is 188 cm³/mol. The third-order valence-electron chi connectivity index (χ3n) is 6.24. The van der Waals surface area contributed by atoms with E-state index >= 15 is 0 Å². The number of alkyl halides is 3. The second-order valence-corrected chi connectivity index (χ2v) is 10.9. The summed E-state index contributed by atoms with van der Waals surface area (Å²) in [5.74, 6) is 1.83. The molecule has 3 aromatic rings. The summed E-state index contributed by atoms with van der Waals surface area (Å²) in [5, 5.41) is 11.5. The summed E-state index contributed by atoms with van der Waals surface area (Å²) in [5.41, 5.74) is 5.41. The maximum absolute atomic E-state index is 12.1. The van der Waals surface area contributed by atoms with Gasteiger partial charge in [0.15, 0.2) is 0 Å². The van der Waals surface area contributed by atoms with Crippen molar-refractivity contribution >= 4 is 35.1 Å². The van der Waals surface area contributed by atoms with Gasteiger partial charge in [0.2, 0.25) is 0 Å². The third-order valence-corrected chi connectivity index (χ3v) is 7.49. The van der Waals surface area contributed by atoms with Gasteiger partial charge in [0.25, 0.3) is 0 Å². The van der Waals surface area contributed by atoms with E-state index in [4.69, 9.17) is 5.41 Å². The number of anilines is 2. The number of para-hydroxylation sites is 1. The molecule has 1 aliphatic rings. The van der Waals surface area contributed by atoms with Crippen molar-refractivity contribution in [2.45, 2.75) is 60.1 Å². The zero-order chi connectivity index (χ0) is 33.1. The van der Waals surface area contributed by atoms with Crippen molar-refractivity contribution in [2.24, 2.45) is 4.99 Å². The summed E-state index contributed by atoms with van der Waals surface area (Å²) in [6.07, 6.45) is 2.44. The summed E-state index contributed by atoms with van der Waals surface area (Å²) in [7, 11) is 1.75. The Kier molecular flexibility index (Phi) is 17.6. The second-order valence-electron chi connectivity index (χ2n) is 9.75. The maximum Gasteiger partial charge on any atom is 0.416 e. The van der Waals surface area contributed by atoms with Crippen LogP contribution < -0.4 is 10.2 Å². The average molecular weight is 625 g/mol. The third kappa shape index (κ3) is 12.8. The Hall–Kier alpha value is -3.78. The monoisotopic (exact) mass is 624 g/mol. The summed E-state index contributed by atoms with van der Waals surface area (Å²) in [6.45, 7) is 17.0. The van der Waals surface area contributed by atoms with Crippen molar-refractivity contribution in [2.75, 3.05) is 29.6 Å². The SMILES string of the molecule is C/C=C1\SCCCN1c1ccccc1C(C)C.C=CNc1ccc(C(F)(F)F)cc1.CC.CN=Cc1ccc(C(C)=N)cc1. The van der Waals surface area contributed by atoms with Crippen molar-refractivity contribution in [1.82, 2.24) is 0 Å². The number of hydrogen-bond donors (Lipinski definition) is 2. The van der Waals surface area contributed by atoms with Crippen LogP contribution in [0, 0.1) is 5.41 Å². The molecular formula is C36H47F3N4S. The first-order valence-corrected chi connectivity index (χ1v) is 15.8. The Morgan fingerprint density at radius 1 is 1.02 bits per heavy atom. The van der Waals surface area contributed by atoms with Gasteiger partial charge in [0.1, 0.15) is 0 Å². The van der Waals surface area contributed by atoms with E-state index in [2.05, 4.69) is 72.9 Å². The summed E-state index contributed by atoms with van der Waals surface area (Å²) in [4.78, 5) is 6.38. The number of aliphatic imine (C=N–C) groups is 1. The van der Waals surface area contributed by atoms with Crippen LogP contribution >= 0.6 is 11.8 Å². The van der Waals surface area contributed by atoms with Gasteiger partial charge in [0.05, 0.1) is 10.6 Å². The Balaban J connectivity index is 0.000000327. The van der Waals surface area contributed by atoms with Gasteiger partial charge in [-0.1, -0.05) is 82.8 Å². The van der Waals surface area contributed by atoms with Gasteiger partial charge >= 0.3 is 6.18 Å². The molecule has 1 saturated heterocycles. The molecular weight excluding hydrogens is 577 g/mol. The molecule has 0 unspecified atom stereocenters. The van der Waals surface area contributed by atoms with Crippen LogP contribution in [0.5, 0.6) is 0 Å². The first kappa shape index (κ1) is 38.2. The van der Waals surface area contributed by atoms with Crippen LogP contribution in [0.2, 0.25) is 0 Å². The molecule has 0 aliphatic carbocycles. The standard InChI is InChI=1S/C15H21NS.C10H12N2.C9H8F3N.C2H6/c1-4-15-16(10-7-11-17-15)14-9-6-5-8-13(14)12(2)3;1-8(11)10-5-3-9(4-6-10)7-12-2;1-2-13-8-5-3-7(4-6-8)9(10,11)12;1-2/h4-6,8-9,12H,7,10-11H2,1-3H3;3-7,11H,1-2H3;2-6,13H,1H2;1-2H3/b15-4-;;;. The van der Waals surface area contributed by atoms with Crippen LogP contribution in [0.4, 0.5) is 24.5 Å². The summed E-state index contributed by atoms with van der Waals surface area (Å²) in [6, 6.07) is 21.3. The van der Waals surface area contributed by atoms with Gasteiger partial charge in [-0.05, 0) is 79.4 Å². The quantitative estimate of drug-likeness (QED) is 0.268. The highest BCUT2D eigenvalue weighted by atomic mass is 32.2. The van der Waals surface area contributed by atoms with Crippen LogP contribution in [0.25, 0.3) is 0 Å². The molecule has 1 heterocycles. The number of thioether (sulfide) groups is 1. The molecule has 0 bridgehead atoms. The lowest BCUT2D eigenvalue weighted by Gasteiger charge is -2.33. The van der Waals surface area contributed by atoms with E-state index < -0.39 is 11.7 Å². The lowest BCUT2D eigenvalue weighted by molar-refractivity contribution is -0.137. The average Bonchev–Trinajstić information content (AvgIpc) is 3.03. The van der Waals surface area contributed by atoms with Gasteiger partial charge in [0, 0.05) is 42.6 Å². The Bertz CT molecular complexity index is 1330. The molecule has 1 aliphatic heterocycles. The number of allylic oxidation sites excluding steroid dienone is 1. The fraction of sp³-hybridized carbons (Fsp3) is 0.333. The van der Waals surface area contributed by atoms with E-state index in [1.54, 1.807) is 20.2 Å². The van der Waals surface area contributed by atoms with Crippen molar-refractivity contribution < 1.29 is 13.2 Å². The van der Waals surface area contributed by atoms with Crippen LogP contribution in [-0.4, -0.2) is 31.3 Å². The van der Waals surface area contributed by atoms with Gasteiger partial charge < -0.3 is 15.6 Å². The molecule has 8 heteroatoms. The Morgan fingerprint density at radius 2 is 1.64 bits per heavy atom. The van der Waals surface area contributed by atoms with Crippen LogP contribution in [0.1, 0.15) is 76.1 Å². The maximum atomic E-state index is 12.1. The smallest absolute Gasteiger partial charge is 0.362 e. The molecule has 44 heavy (non-hydrogen) atoms. The number of halogens is 3. The normalized spacial score (nSPS) is 13.6. The fourth-order valence-electron chi connectivity index (χ4n) is 4.13. The molecule has 1 fully saturated rings. The minimum absolute atomic E-state index is 0.580. The number of hydrogen-bond acceptors (Lipinski definition) is 5. The van der Waals surface area contributed by atoms with Crippen LogP contribution in [-0.2, 0) is 6.18 Å². The zero-order valence-corrected chi connectivity index (χ0v) is 27.8. The molecule has 0 atom stereocenters. The van der Waals surface area contributed by atoms with E-state index in [9.17, 15) is 13.2 Å². The molecule has 3 aromatic carbocycles. The van der Waals surface area contributed by atoms with E-state index in [1.807, 2.05) is 49.9 Å². The van der Waals surface area contributed by atoms with Crippen molar-refractivity contribution in [1.29, 1.82) is 5.41 Å². The van der Waals surface area contributed by atoms with Crippen molar-refractivity contribution in [3.05, 3.63) is 119 Å². The van der Waals surface area contributed by atoms with E-state index in [0.29, 0.717) is 17.3 Å². The van der Waals surface area contributed by atoms with Crippen molar-refractivity contribution in [3.8, 4) is 0 Å². The lowest BCUT2D eigenvalue weighted by atomic mass is 10.0. The molecule has 4 rings (SSSR count). The number of benzene rings is 3. The van der Waals surface area contributed by atoms with Crippen LogP contribution in [0.3, 0.4) is 0 Å². The molecule has 0 radical (unpaired) electrons. The minimum Gasteiger partial charge on any atom is -0.362 e. The second kappa shape index (κ2) is 20.2. The highest BCUT2D eigenvalue weighted by Gasteiger charge is 2.29. The zero-order valence-electron chi connectivity index (χ0n) is 27.0. The van der Waals surface area contributed by atoms with Crippen LogP contribution in [0.15, 0.2) is 102 Å². The summed E-state index contributed by atoms with van der Waals surface area (Å²) < 4.78 is 36.2. The first-order valence-electron chi connectivity index (χ1n) is 14.8. The van der Waals surface area contributed by atoms with E-state index in [0.717, 1.165) is 29.8 Å². The molecule has 4 nitrogen and oxygen atoms in total. The molecule has 2 N–H and O–H groups in total. The van der Waals surface area contributed by atoms with Gasteiger partial charge in [-0.25, -0.2) is 0 Å². The van der Waals surface area contributed by atoms with E-state index in [1.165, 1.54) is 46.8 Å². The molecule has 0 saturated carbocycles. The largest absolute Gasteiger partial charge is 0.416 e. The first-order chi connectivity index (χ1) is 21.0. The highest BCUT2D eigenvalue weighted by Crippen LogP contribution is 2.36. The van der Waals surface area contributed by atoms with Gasteiger partial charge in [-0.2, -0.15) is 13.2 Å². The molecule has 0 amide bonds. The number of nitrogens with zero attached hydrogens (tertiary/aromatic N) is 2. The molecule has 238 valence electrons.